The van der Waals surface area contributed by atoms with Crippen molar-refractivity contribution in [1.82, 2.24) is 14.9 Å². The molecule has 4 nitrogen and oxygen atoms in total. The van der Waals surface area contributed by atoms with Crippen molar-refractivity contribution in [2.24, 2.45) is 5.84 Å². The molecule has 1 aromatic heterocycles. The van der Waals surface area contributed by atoms with Crippen LogP contribution in [0.1, 0.15) is 51.4 Å². The molecule has 2 heterocycles. The van der Waals surface area contributed by atoms with E-state index in [0.29, 0.717) is 0 Å². The Balaban J connectivity index is 0.00000181. The fourth-order valence-corrected chi connectivity index (χ4v) is 10.0. The summed E-state index contributed by atoms with van der Waals surface area (Å²) < 4.78 is 2.50. The highest BCUT2D eigenvalue weighted by Crippen LogP contribution is 2.71. The molecule has 3 aromatic carbocycles. The van der Waals surface area contributed by atoms with E-state index >= 15 is 0 Å². The molecule has 0 radical (unpaired) electrons. The summed E-state index contributed by atoms with van der Waals surface area (Å²) in [5.41, 5.74) is 5.81. The van der Waals surface area contributed by atoms with Crippen LogP contribution in [-0.4, -0.2) is 40.2 Å². The highest BCUT2D eigenvalue weighted by atomic mass is 35.5. The Hall–Kier alpha value is -2.54. The molecule has 2 atom stereocenters. The minimum atomic E-state index is -1.21. The van der Waals surface area contributed by atoms with Crippen LogP contribution in [0.4, 0.5) is 0 Å². The molecule has 6 heteroatoms. The average molecular weight is 577 g/mol. The van der Waals surface area contributed by atoms with Crippen LogP contribution in [0, 0.1) is 6.92 Å². The van der Waals surface area contributed by atoms with Gasteiger partial charge in [-0.25, -0.2) is 5.01 Å². The van der Waals surface area contributed by atoms with E-state index in [1.807, 2.05) is 12.1 Å². The third-order valence-corrected chi connectivity index (χ3v) is 13.2. The Morgan fingerprint density at radius 3 is 2.27 bits per heavy atom. The number of nitrogens with two attached hydrogens (primary N) is 1. The molecule has 4 aromatic rings. The van der Waals surface area contributed by atoms with Crippen LogP contribution in [0.15, 0.2) is 89.2 Å². The quantitative estimate of drug-likeness (QED) is 0.0953. The Labute approximate surface area is 247 Å². The zero-order valence-corrected chi connectivity index (χ0v) is 26.7. The second kappa shape index (κ2) is 12.1. The Morgan fingerprint density at radius 1 is 1.00 bits per heavy atom. The van der Waals surface area contributed by atoms with Gasteiger partial charge in [0.1, 0.15) is 6.17 Å². The molecule has 5 rings (SSSR count). The first kappa shape index (κ1) is 30.4. The van der Waals surface area contributed by atoms with Gasteiger partial charge in [-0.2, -0.15) is 10.0 Å². The molecule has 0 saturated carbocycles. The number of benzene rings is 3. The summed E-state index contributed by atoms with van der Waals surface area (Å²) in [6.07, 6.45) is 4.69. The first-order valence-corrected chi connectivity index (χ1v) is 16.9. The highest BCUT2D eigenvalue weighted by Gasteiger charge is 2.39. The van der Waals surface area contributed by atoms with Crippen LogP contribution in [0.25, 0.3) is 27.4 Å². The maximum absolute atomic E-state index is 6.48. The zero-order valence-electron chi connectivity index (χ0n) is 25.1. The fourth-order valence-electron chi connectivity index (χ4n) is 6.21. The van der Waals surface area contributed by atoms with Crippen molar-refractivity contribution < 1.29 is 0 Å². The topological polar surface area (TPSA) is 46.2 Å². The van der Waals surface area contributed by atoms with E-state index in [-0.39, 0.29) is 6.17 Å². The number of alkyl halides is 1. The fraction of sp³-hybridized carbons (Fsp3) is 0.353. The summed E-state index contributed by atoms with van der Waals surface area (Å²) >= 11 is 4.64. The van der Waals surface area contributed by atoms with Crippen LogP contribution >= 0.6 is 21.6 Å². The number of hydrogen-bond acceptors (Lipinski definition) is 3. The molecule has 0 fully saturated rings. The summed E-state index contributed by atoms with van der Waals surface area (Å²) in [5, 5.41) is 8.38. The predicted molar refractivity (Wildman–Crippen MR) is 179 cm³/mol. The van der Waals surface area contributed by atoms with Gasteiger partial charge in [-0.1, -0.05) is 81.9 Å². The average Bonchev–Trinajstić information content (AvgIpc) is 3.44. The van der Waals surface area contributed by atoms with E-state index in [1.54, 1.807) is 0 Å². The number of aryl methyl sites for hydroxylation is 1. The standard InChI is InChI=1S/C33H42N4S.CH3Cl/c1-8-33(6,36(7)34)35-31(22-30-24(5)25-17-12-14-21-29(25)38(30,9-2)10-3)37-28-20-13-11-18-26(28)27-19-15-16-23(4)32(27)37;1-2/h11-22,31,35H,5,8-10,34H2,1-4,6-7H3;1H3/b30-22+;. The first-order chi connectivity index (χ1) is 19.2. The third-order valence-electron chi connectivity index (χ3n) is 8.78. The first-order valence-electron chi connectivity index (χ1n) is 14.1. The SMILES string of the molecule is C=C1/C(=C\C(NC(C)(CC)N(C)N)n2c3ccccc3c3cccc(C)c32)S(CC)(CC)c2ccccc21.CCl. The van der Waals surface area contributed by atoms with E-state index in [0.717, 1.165) is 17.9 Å². The molecule has 2 unspecified atom stereocenters. The number of allylic oxidation sites excluding steroid dienone is 1. The van der Waals surface area contributed by atoms with Gasteiger partial charge in [-0.3, -0.25) is 11.2 Å². The van der Waals surface area contributed by atoms with Gasteiger partial charge in [-0.15, -0.1) is 11.6 Å². The summed E-state index contributed by atoms with van der Waals surface area (Å²) in [6.45, 7) is 16.0. The van der Waals surface area contributed by atoms with E-state index in [1.165, 1.54) is 54.7 Å². The minimum absolute atomic E-state index is 0.125. The van der Waals surface area contributed by atoms with Crippen molar-refractivity contribution in [2.75, 3.05) is 24.9 Å². The molecule has 214 valence electrons. The summed E-state index contributed by atoms with van der Waals surface area (Å²) in [5.74, 6) is 8.68. The number of nitrogens with one attached hydrogen (secondary N) is 1. The maximum Gasteiger partial charge on any atom is 0.106 e. The highest BCUT2D eigenvalue weighted by molar-refractivity contribution is 8.37. The van der Waals surface area contributed by atoms with Gasteiger partial charge in [0.25, 0.3) is 0 Å². The number of hydrogen-bond donors (Lipinski definition) is 2. The largest absolute Gasteiger partial charge is 0.320 e. The summed E-state index contributed by atoms with van der Waals surface area (Å²) in [7, 11) is 0.746. The number of aromatic nitrogens is 1. The molecule has 0 saturated heterocycles. The van der Waals surface area contributed by atoms with Crippen molar-refractivity contribution in [3.63, 3.8) is 0 Å². The third kappa shape index (κ3) is 4.82. The van der Waals surface area contributed by atoms with E-state index < -0.39 is 15.7 Å². The molecule has 0 amide bonds. The normalized spacial score (nSPS) is 18.4. The van der Waals surface area contributed by atoms with Crippen molar-refractivity contribution in [3.8, 4) is 0 Å². The molecule has 1 aliphatic heterocycles. The lowest BCUT2D eigenvalue weighted by Gasteiger charge is -2.41. The number of halogens is 1. The van der Waals surface area contributed by atoms with Crippen LogP contribution in [-0.2, 0) is 0 Å². The van der Waals surface area contributed by atoms with E-state index in [4.69, 9.17) is 5.84 Å². The van der Waals surface area contributed by atoms with Crippen LogP contribution < -0.4 is 11.2 Å². The molecule has 0 bridgehead atoms. The van der Waals surface area contributed by atoms with Gasteiger partial charge in [0.05, 0.1) is 16.7 Å². The predicted octanol–water partition coefficient (Wildman–Crippen LogP) is 8.79. The van der Waals surface area contributed by atoms with Crippen molar-refractivity contribution in [1.29, 1.82) is 0 Å². The number of rotatable bonds is 8. The van der Waals surface area contributed by atoms with E-state index in [2.05, 4.69) is 135 Å². The molecule has 40 heavy (non-hydrogen) atoms. The molecule has 3 N–H and O–H groups in total. The minimum Gasteiger partial charge on any atom is -0.320 e. The van der Waals surface area contributed by atoms with Crippen LogP contribution in [0.5, 0.6) is 0 Å². The van der Waals surface area contributed by atoms with Crippen LogP contribution in [0.2, 0.25) is 0 Å². The van der Waals surface area contributed by atoms with Gasteiger partial charge in [0.2, 0.25) is 0 Å². The van der Waals surface area contributed by atoms with E-state index in [9.17, 15) is 0 Å². The van der Waals surface area contributed by atoms with Crippen molar-refractivity contribution in [2.45, 2.75) is 57.8 Å². The number of fused-ring (bicyclic) bond motifs is 4. The lowest BCUT2D eigenvalue weighted by Crippen LogP contribution is -2.59. The summed E-state index contributed by atoms with van der Waals surface area (Å²) in [6, 6.07) is 24.3. The molecule has 1 aliphatic rings. The van der Waals surface area contributed by atoms with Crippen molar-refractivity contribution in [3.05, 3.63) is 95.4 Å². The molecular formula is C34H45ClN4S. The number of hydrazine groups is 1. The Morgan fingerprint density at radius 2 is 1.62 bits per heavy atom. The zero-order chi connectivity index (χ0) is 29.2. The van der Waals surface area contributed by atoms with Crippen molar-refractivity contribution >= 4 is 49.0 Å². The van der Waals surface area contributed by atoms with Gasteiger partial charge in [0, 0.05) is 34.0 Å². The number of nitrogens with zero attached hydrogens (tertiary/aromatic N) is 2. The molecule has 0 spiro atoms. The van der Waals surface area contributed by atoms with Gasteiger partial charge >= 0.3 is 0 Å². The van der Waals surface area contributed by atoms with Gasteiger partial charge < -0.3 is 4.57 Å². The van der Waals surface area contributed by atoms with Crippen LogP contribution in [0.3, 0.4) is 0 Å². The smallest absolute Gasteiger partial charge is 0.106 e. The Bertz CT molecular complexity index is 1550. The monoisotopic (exact) mass is 576 g/mol. The second-order valence-corrected chi connectivity index (χ2v) is 14.5. The van der Waals surface area contributed by atoms with Gasteiger partial charge in [0.15, 0.2) is 0 Å². The lowest BCUT2D eigenvalue weighted by molar-refractivity contribution is 0.0776. The maximum atomic E-state index is 6.48. The summed E-state index contributed by atoms with van der Waals surface area (Å²) in [4.78, 5) is 2.88. The molecule has 0 aliphatic carbocycles. The van der Waals surface area contributed by atoms with Gasteiger partial charge in [-0.05, 0) is 66.7 Å². The molecular weight excluding hydrogens is 532 g/mol. The number of para-hydroxylation sites is 2. The second-order valence-electron chi connectivity index (χ2n) is 10.7. The lowest BCUT2D eigenvalue weighted by atomic mass is 10.1. The Kier molecular flexibility index (Phi) is 9.23.